The van der Waals surface area contributed by atoms with E-state index in [1.54, 1.807) is 4.90 Å². The Kier molecular flexibility index (Phi) is 2.92. The van der Waals surface area contributed by atoms with Gasteiger partial charge in [0.15, 0.2) is 12.4 Å². The van der Waals surface area contributed by atoms with Crippen molar-refractivity contribution in [3.8, 4) is 0 Å². The summed E-state index contributed by atoms with van der Waals surface area (Å²) in [5.41, 5.74) is 0. The van der Waals surface area contributed by atoms with Gasteiger partial charge >= 0.3 is 0 Å². The Labute approximate surface area is 50.4 Å². The molecule has 0 fully saturated rings. The molecule has 0 saturated carbocycles. The van der Waals surface area contributed by atoms with Crippen molar-refractivity contribution in [2.75, 3.05) is 13.1 Å². The average Bonchev–Trinajstić information content (AvgIpc) is 1.69. The van der Waals surface area contributed by atoms with Crippen molar-refractivity contribution in [3.05, 3.63) is 26.3 Å². The molecule has 0 aromatic heterocycles. The van der Waals surface area contributed by atoms with Gasteiger partial charge in [0.2, 0.25) is 0 Å². The van der Waals surface area contributed by atoms with E-state index in [9.17, 15) is 0 Å². The van der Waals surface area contributed by atoms with Crippen molar-refractivity contribution in [2.45, 2.75) is 0 Å². The molecule has 0 atom stereocenters. The van der Waals surface area contributed by atoms with Crippen LogP contribution in [0.15, 0.2) is 12.5 Å². The zero-order valence-electron chi connectivity index (χ0n) is 4.93. The quantitative estimate of drug-likeness (QED) is 0.435. The number of aliphatic hydroxyl groups excluding tert-OH is 1. The summed E-state index contributed by atoms with van der Waals surface area (Å²) in [6.45, 7) is 11.4. The fraction of sp³-hybridized carbons (Fsp3) is 0.333. The number of hydrogen-bond donors (Lipinski definition) is 1. The SMILES string of the molecule is [CH2]CN(C[CH2+])C(=C)O. The first-order chi connectivity index (χ1) is 3.72. The molecule has 0 saturated heterocycles. The predicted molar refractivity (Wildman–Crippen MR) is 34.1 cm³/mol. The molecule has 0 bridgehead atoms. The maximum atomic E-state index is 8.66. The Morgan fingerprint density at radius 3 is 2.25 bits per heavy atom. The molecule has 0 aromatic rings. The molecule has 0 heterocycles. The van der Waals surface area contributed by atoms with E-state index >= 15 is 0 Å². The van der Waals surface area contributed by atoms with Crippen LogP contribution < -0.4 is 0 Å². The van der Waals surface area contributed by atoms with Crippen LogP contribution in [0, 0.1) is 13.8 Å². The van der Waals surface area contributed by atoms with Gasteiger partial charge in [0, 0.05) is 6.54 Å². The van der Waals surface area contributed by atoms with Gasteiger partial charge in [-0.3, -0.25) is 0 Å². The zero-order chi connectivity index (χ0) is 6.57. The molecule has 45 valence electrons. The zero-order valence-corrected chi connectivity index (χ0v) is 4.93. The van der Waals surface area contributed by atoms with E-state index in [1.165, 1.54) is 0 Å². The van der Waals surface area contributed by atoms with Gasteiger partial charge in [-0.1, -0.05) is 0 Å². The Morgan fingerprint density at radius 1 is 1.75 bits per heavy atom. The van der Waals surface area contributed by atoms with Gasteiger partial charge < -0.3 is 10.0 Å². The fourth-order valence-corrected chi connectivity index (χ4v) is 0.370. The molecular weight excluding hydrogens is 102 g/mol. The molecule has 1 radical (unpaired) electrons. The Hall–Kier alpha value is -0.790. The number of nitrogens with zero attached hydrogens (tertiary/aromatic N) is 1. The summed E-state index contributed by atoms with van der Waals surface area (Å²) in [6.07, 6.45) is 0. The van der Waals surface area contributed by atoms with Crippen LogP contribution in [-0.4, -0.2) is 23.1 Å². The molecule has 1 N–H and O–H groups in total. The van der Waals surface area contributed by atoms with Gasteiger partial charge in [-0.15, -0.1) is 0 Å². The minimum Gasteiger partial charge on any atom is -0.495 e. The molecular formula is C6H11NO+. The van der Waals surface area contributed by atoms with E-state index in [1.807, 2.05) is 0 Å². The molecule has 0 aromatic carbocycles. The first-order valence-corrected chi connectivity index (χ1v) is 2.43. The van der Waals surface area contributed by atoms with Crippen molar-refractivity contribution in [1.29, 1.82) is 0 Å². The van der Waals surface area contributed by atoms with Crippen LogP contribution >= 0.6 is 0 Å². The minimum atomic E-state index is 0.0370. The molecule has 0 rings (SSSR count). The number of aliphatic hydroxyl groups is 1. The second kappa shape index (κ2) is 3.24. The Balaban J connectivity index is 3.52. The largest absolute Gasteiger partial charge is 0.495 e. The van der Waals surface area contributed by atoms with Gasteiger partial charge in [0.25, 0.3) is 0 Å². The number of rotatable bonds is 3. The lowest BCUT2D eigenvalue weighted by molar-refractivity contribution is 0.232. The van der Waals surface area contributed by atoms with E-state index in [4.69, 9.17) is 5.11 Å². The smallest absolute Gasteiger partial charge is 0.182 e. The van der Waals surface area contributed by atoms with E-state index in [0.717, 1.165) is 0 Å². The molecule has 0 aliphatic rings. The lowest BCUT2D eigenvalue weighted by Crippen LogP contribution is -2.21. The highest BCUT2D eigenvalue weighted by Crippen LogP contribution is 1.92. The van der Waals surface area contributed by atoms with Gasteiger partial charge in [-0.25, -0.2) is 0 Å². The summed E-state index contributed by atoms with van der Waals surface area (Å²) in [5, 5.41) is 8.66. The minimum absolute atomic E-state index is 0.0370. The van der Waals surface area contributed by atoms with E-state index in [2.05, 4.69) is 20.4 Å². The lowest BCUT2D eigenvalue weighted by atomic mass is 10.5. The van der Waals surface area contributed by atoms with Crippen LogP contribution in [0.4, 0.5) is 0 Å². The van der Waals surface area contributed by atoms with Crippen molar-refractivity contribution in [3.63, 3.8) is 0 Å². The van der Waals surface area contributed by atoms with Crippen LogP contribution in [-0.2, 0) is 0 Å². The average molecular weight is 113 g/mol. The van der Waals surface area contributed by atoms with Gasteiger partial charge in [-0.05, 0) is 13.5 Å². The molecule has 8 heavy (non-hydrogen) atoms. The van der Waals surface area contributed by atoms with Crippen LogP contribution in [0.5, 0.6) is 0 Å². The van der Waals surface area contributed by atoms with Gasteiger partial charge in [-0.2, -0.15) is 0 Å². The maximum Gasteiger partial charge on any atom is 0.182 e. The summed E-state index contributed by atoms with van der Waals surface area (Å²) in [6, 6.07) is 0. The first-order valence-electron chi connectivity index (χ1n) is 2.43. The third-order valence-electron chi connectivity index (χ3n) is 0.905. The summed E-state index contributed by atoms with van der Waals surface area (Å²) < 4.78 is 0. The second-order valence-corrected chi connectivity index (χ2v) is 1.40. The lowest BCUT2D eigenvalue weighted by Gasteiger charge is -2.13. The molecule has 2 heteroatoms. The monoisotopic (exact) mass is 113 g/mol. The standard InChI is InChI=1S/C6H10NO/c1-4-7(5-2)6(3)8/h1-5H2/p+1. The van der Waals surface area contributed by atoms with Crippen molar-refractivity contribution < 1.29 is 5.11 Å². The topological polar surface area (TPSA) is 23.5 Å². The molecule has 0 spiro atoms. The molecule has 0 aliphatic heterocycles. The van der Waals surface area contributed by atoms with Crippen molar-refractivity contribution in [2.24, 2.45) is 0 Å². The molecule has 0 amide bonds. The Bertz CT molecular complexity index is 76.6. The van der Waals surface area contributed by atoms with Gasteiger partial charge in [0.05, 0.1) is 6.92 Å². The van der Waals surface area contributed by atoms with Crippen LogP contribution in [0.2, 0.25) is 0 Å². The molecule has 2 nitrogen and oxygen atoms in total. The summed E-state index contributed by atoms with van der Waals surface area (Å²) in [5.74, 6) is 0.0370. The van der Waals surface area contributed by atoms with Crippen molar-refractivity contribution >= 4 is 0 Å². The third-order valence-corrected chi connectivity index (χ3v) is 0.905. The fourth-order valence-electron chi connectivity index (χ4n) is 0.370. The second-order valence-electron chi connectivity index (χ2n) is 1.40. The highest BCUT2D eigenvalue weighted by Gasteiger charge is 2.00. The first kappa shape index (κ1) is 7.21. The highest BCUT2D eigenvalue weighted by molar-refractivity contribution is 4.81. The van der Waals surface area contributed by atoms with Gasteiger partial charge in [0.1, 0.15) is 0 Å². The van der Waals surface area contributed by atoms with Crippen molar-refractivity contribution in [1.82, 2.24) is 4.90 Å². The van der Waals surface area contributed by atoms with E-state index in [-0.39, 0.29) is 5.88 Å². The maximum absolute atomic E-state index is 8.66. The van der Waals surface area contributed by atoms with Crippen LogP contribution in [0.1, 0.15) is 0 Å². The molecule has 0 aliphatic carbocycles. The Morgan fingerprint density at radius 2 is 2.25 bits per heavy atom. The van der Waals surface area contributed by atoms with E-state index in [0.29, 0.717) is 13.1 Å². The highest BCUT2D eigenvalue weighted by atomic mass is 16.3. The predicted octanol–water partition coefficient (Wildman–Crippen LogP) is 0.986. The summed E-state index contributed by atoms with van der Waals surface area (Å²) in [7, 11) is 0. The molecule has 0 unspecified atom stereocenters. The van der Waals surface area contributed by atoms with E-state index < -0.39 is 0 Å². The van der Waals surface area contributed by atoms with Crippen LogP contribution in [0.25, 0.3) is 0 Å². The third kappa shape index (κ3) is 1.78. The normalized spacial score (nSPS) is 8.62. The number of hydrogen-bond acceptors (Lipinski definition) is 2. The van der Waals surface area contributed by atoms with Crippen LogP contribution in [0.3, 0.4) is 0 Å². The summed E-state index contributed by atoms with van der Waals surface area (Å²) in [4.78, 5) is 1.56. The summed E-state index contributed by atoms with van der Waals surface area (Å²) >= 11 is 0.